The van der Waals surface area contributed by atoms with Gasteiger partial charge in [-0.05, 0) is 52.8 Å². The Balaban J connectivity index is 1.50. The molecular formula is C30H29ClO5. The minimum atomic E-state index is -0.491. The first kappa shape index (κ1) is 24.5. The Morgan fingerprint density at radius 2 is 1.31 bits per heavy atom. The van der Waals surface area contributed by atoms with Crippen molar-refractivity contribution in [3.8, 4) is 5.75 Å². The van der Waals surface area contributed by atoms with Gasteiger partial charge in [0, 0.05) is 47.8 Å². The van der Waals surface area contributed by atoms with E-state index < -0.39 is 11.9 Å². The fraction of sp³-hybridized carbons (Fsp3) is 0.367. The van der Waals surface area contributed by atoms with Crippen molar-refractivity contribution in [3.63, 3.8) is 0 Å². The minimum Gasteiger partial charge on any atom is -0.465 e. The fourth-order valence-electron chi connectivity index (χ4n) is 5.49. The molecule has 0 amide bonds. The van der Waals surface area contributed by atoms with Crippen LogP contribution < -0.4 is 4.74 Å². The van der Waals surface area contributed by atoms with Crippen LogP contribution >= 0.6 is 11.6 Å². The van der Waals surface area contributed by atoms with Gasteiger partial charge in [0.15, 0.2) is 11.6 Å². The Morgan fingerprint density at radius 3 is 1.81 bits per heavy atom. The number of carbonyl (C=O) groups excluding carboxylic acids is 3. The summed E-state index contributed by atoms with van der Waals surface area (Å²) in [5.74, 6) is 0.822. The van der Waals surface area contributed by atoms with E-state index in [1.54, 1.807) is 36.4 Å². The van der Waals surface area contributed by atoms with E-state index in [2.05, 4.69) is 27.7 Å². The van der Waals surface area contributed by atoms with Crippen molar-refractivity contribution in [2.75, 3.05) is 0 Å². The molecule has 0 saturated carbocycles. The van der Waals surface area contributed by atoms with Crippen LogP contribution in [0.25, 0.3) is 0 Å². The van der Waals surface area contributed by atoms with Gasteiger partial charge in [-0.15, -0.1) is 0 Å². The van der Waals surface area contributed by atoms with Gasteiger partial charge >= 0.3 is 5.97 Å². The van der Waals surface area contributed by atoms with Crippen molar-refractivity contribution in [3.05, 3.63) is 87.3 Å². The maximum Gasteiger partial charge on any atom is 0.343 e. The normalized spacial score (nSPS) is 21.0. The second-order valence-corrected chi connectivity index (χ2v) is 12.0. The quantitative estimate of drug-likeness (QED) is 0.334. The SMILES string of the molecule is CC1(C)CC(=O)C2=C(C1)OC1=C(C(=O)CC(C)(C)C1)C2c1ccc(OC(=O)c2ccc(Cl)cc2)cc1. The molecule has 0 spiro atoms. The molecule has 0 saturated heterocycles. The lowest BCUT2D eigenvalue weighted by molar-refractivity contribution is -0.120. The summed E-state index contributed by atoms with van der Waals surface area (Å²) in [5, 5.41) is 0.538. The maximum atomic E-state index is 13.4. The summed E-state index contributed by atoms with van der Waals surface area (Å²) >= 11 is 5.90. The lowest BCUT2D eigenvalue weighted by Gasteiger charge is -2.42. The molecule has 2 aromatic rings. The highest BCUT2D eigenvalue weighted by Gasteiger charge is 2.47. The summed E-state index contributed by atoms with van der Waals surface area (Å²) in [6, 6.07) is 13.5. The van der Waals surface area contributed by atoms with Crippen molar-refractivity contribution in [1.29, 1.82) is 0 Å². The number of hydrogen-bond donors (Lipinski definition) is 0. The van der Waals surface area contributed by atoms with Crippen molar-refractivity contribution in [1.82, 2.24) is 0 Å². The van der Waals surface area contributed by atoms with Gasteiger partial charge in [-0.1, -0.05) is 51.4 Å². The highest BCUT2D eigenvalue weighted by atomic mass is 35.5. The first-order valence-electron chi connectivity index (χ1n) is 12.2. The molecule has 36 heavy (non-hydrogen) atoms. The first-order valence-corrected chi connectivity index (χ1v) is 12.6. The number of Topliss-reactive ketones (excluding diaryl/α,β-unsaturated/α-hetero) is 2. The number of halogens is 1. The smallest absolute Gasteiger partial charge is 0.343 e. The number of esters is 1. The van der Waals surface area contributed by atoms with Crippen LogP contribution in [-0.4, -0.2) is 17.5 Å². The molecule has 0 radical (unpaired) electrons. The molecule has 1 aliphatic heterocycles. The predicted molar refractivity (Wildman–Crippen MR) is 137 cm³/mol. The first-order chi connectivity index (χ1) is 16.9. The highest BCUT2D eigenvalue weighted by molar-refractivity contribution is 6.30. The van der Waals surface area contributed by atoms with E-state index in [4.69, 9.17) is 21.1 Å². The molecule has 2 aromatic carbocycles. The number of carbonyl (C=O) groups is 3. The standard InChI is InChI=1S/C30H29ClO5/c1-29(2)13-21(32)26-23(15-29)36-24-16-30(3,4)14-22(33)27(24)25(26)17-7-11-20(12-8-17)35-28(34)18-5-9-19(31)10-6-18/h5-12,25H,13-16H2,1-4H3. The summed E-state index contributed by atoms with van der Waals surface area (Å²) in [6.45, 7) is 8.26. The third-order valence-corrected chi connectivity index (χ3v) is 7.34. The molecule has 0 atom stereocenters. The van der Waals surface area contributed by atoms with Crippen LogP contribution in [0.15, 0.2) is 71.2 Å². The van der Waals surface area contributed by atoms with Crippen molar-refractivity contribution in [2.24, 2.45) is 10.8 Å². The van der Waals surface area contributed by atoms with Gasteiger partial charge < -0.3 is 9.47 Å². The minimum absolute atomic E-state index is 0.0219. The van der Waals surface area contributed by atoms with Crippen LogP contribution in [0.3, 0.4) is 0 Å². The Kier molecular flexibility index (Phi) is 5.95. The van der Waals surface area contributed by atoms with Crippen LogP contribution in [0, 0.1) is 10.8 Å². The van der Waals surface area contributed by atoms with Gasteiger partial charge in [-0.25, -0.2) is 4.79 Å². The lowest BCUT2D eigenvalue weighted by atomic mass is 9.65. The molecule has 0 aromatic heterocycles. The average molecular weight is 505 g/mol. The van der Waals surface area contributed by atoms with Crippen LogP contribution in [0.2, 0.25) is 5.02 Å². The van der Waals surface area contributed by atoms with Crippen molar-refractivity contribution in [2.45, 2.75) is 59.3 Å². The fourth-order valence-corrected chi connectivity index (χ4v) is 5.61. The molecule has 5 rings (SSSR count). The number of ether oxygens (including phenoxy) is 2. The summed E-state index contributed by atoms with van der Waals surface area (Å²) in [6.07, 6.45) is 2.11. The molecule has 5 nitrogen and oxygen atoms in total. The van der Waals surface area contributed by atoms with E-state index in [0.29, 0.717) is 64.7 Å². The predicted octanol–water partition coefficient (Wildman–Crippen LogP) is 6.96. The molecule has 0 unspecified atom stereocenters. The number of rotatable bonds is 3. The number of benzene rings is 2. The van der Waals surface area contributed by atoms with Crippen LogP contribution in [-0.2, 0) is 14.3 Å². The van der Waals surface area contributed by atoms with E-state index in [0.717, 1.165) is 5.56 Å². The summed E-state index contributed by atoms with van der Waals surface area (Å²) in [4.78, 5) is 39.3. The Hall–Kier alpha value is -3.18. The van der Waals surface area contributed by atoms with Gasteiger partial charge in [-0.2, -0.15) is 0 Å². The molecule has 2 aliphatic carbocycles. The zero-order valence-electron chi connectivity index (χ0n) is 20.9. The van der Waals surface area contributed by atoms with Crippen LogP contribution in [0.4, 0.5) is 0 Å². The van der Waals surface area contributed by atoms with Crippen molar-refractivity contribution >= 4 is 29.1 Å². The topological polar surface area (TPSA) is 69.7 Å². The Morgan fingerprint density at radius 1 is 0.806 bits per heavy atom. The van der Waals surface area contributed by atoms with E-state index in [9.17, 15) is 14.4 Å². The largest absolute Gasteiger partial charge is 0.465 e. The molecule has 1 heterocycles. The number of ketones is 2. The second-order valence-electron chi connectivity index (χ2n) is 11.6. The molecule has 0 N–H and O–H groups in total. The zero-order chi connectivity index (χ0) is 25.8. The zero-order valence-corrected chi connectivity index (χ0v) is 21.7. The van der Waals surface area contributed by atoms with Crippen LogP contribution in [0.1, 0.15) is 75.2 Å². The summed E-state index contributed by atoms with van der Waals surface area (Å²) < 4.78 is 11.9. The summed E-state index contributed by atoms with van der Waals surface area (Å²) in [7, 11) is 0. The van der Waals surface area contributed by atoms with Crippen LogP contribution in [0.5, 0.6) is 5.75 Å². The van der Waals surface area contributed by atoms with Gasteiger partial charge in [0.25, 0.3) is 0 Å². The van der Waals surface area contributed by atoms with E-state index in [-0.39, 0.29) is 22.4 Å². The lowest BCUT2D eigenvalue weighted by Crippen LogP contribution is -2.37. The highest BCUT2D eigenvalue weighted by Crippen LogP contribution is 2.53. The number of hydrogen-bond acceptors (Lipinski definition) is 5. The molecule has 186 valence electrons. The van der Waals surface area contributed by atoms with Gasteiger partial charge in [0.05, 0.1) is 5.56 Å². The molecule has 0 fully saturated rings. The van der Waals surface area contributed by atoms with E-state index in [1.165, 1.54) is 0 Å². The van der Waals surface area contributed by atoms with Gasteiger partial charge in [-0.3, -0.25) is 9.59 Å². The summed E-state index contributed by atoms with van der Waals surface area (Å²) in [5.41, 5.74) is 1.98. The van der Waals surface area contributed by atoms with E-state index >= 15 is 0 Å². The average Bonchev–Trinajstić information content (AvgIpc) is 2.77. The Labute approximate surface area is 216 Å². The van der Waals surface area contributed by atoms with Gasteiger partial charge in [0.1, 0.15) is 17.3 Å². The maximum absolute atomic E-state index is 13.4. The molecule has 3 aliphatic rings. The third-order valence-electron chi connectivity index (χ3n) is 7.09. The van der Waals surface area contributed by atoms with E-state index in [1.807, 2.05) is 12.1 Å². The third kappa shape index (κ3) is 4.64. The molecule has 0 bridgehead atoms. The Bertz CT molecular complexity index is 1270. The van der Waals surface area contributed by atoms with Crippen molar-refractivity contribution < 1.29 is 23.9 Å². The molecule has 6 heteroatoms. The second kappa shape index (κ2) is 8.74. The molecular weight excluding hydrogens is 476 g/mol. The monoisotopic (exact) mass is 504 g/mol. The number of allylic oxidation sites excluding steroid dienone is 4. The van der Waals surface area contributed by atoms with Gasteiger partial charge in [0.2, 0.25) is 0 Å².